The Balaban J connectivity index is 0.00000363. The molecule has 0 spiro atoms. The summed E-state index contributed by atoms with van der Waals surface area (Å²) in [5.41, 5.74) is 3.60. The van der Waals surface area contributed by atoms with Gasteiger partial charge in [0.25, 0.3) is 0 Å². The van der Waals surface area contributed by atoms with Gasteiger partial charge in [0.05, 0.1) is 13.2 Å². The lowest BCUT2D eigenvalue weighted by atomic mass is 10.1. The van der Waals surface area contributed by atoms with Crippen molar-refractivity contribution in [2.45, 2.75) is 39.8 Å². The van der Waals surface area contributed by atoms with Gasteiger partial charge in [0, 0.05) is 13.6 Å². The van der Waals surface area contributed by atoms with Gasteiger partial charge < -0.3 is 19.9 Å². The monoisotopic (exact) mass is 548 g/mol. The maximum atomic E-state index is 5.51. The van der Waals surface area contributed by atoms with E-state index in [-0.39, 0.29) is 30.0 Å². The topological polar surface area (TPSA) is 76.4 Å². The van der Waals surface area contributed by atoms with Crippen molar-refractivity contribution in [3.05, 3.63) is 76.9 Å². The summed E-state index contributed by atoms with van der Waals surface area (Å²) < 4.78 is 7.47. The molecule has 0 saturated carbocycles. The zero-order valence-corrected chi connectivity index (χ0v) is 21.8. The molecule has 1 atom stereocenters. The number of rotatable bonds is 8. The summed E-state index contributed by atoms with van der Waals surface area (Å²) >= 11 is 0. The van der Waals surface area contributed by atoms with Gasteiger partial charge in [-0.25, -0.2) is 4.99 Å². The molecule has 2 aromatic carbocycles. The Morgan fingerprint density at radius 2 is 1.88 bits per heavy atom. The Bertz CT molecular complexity index is 1020. The fourth-order valence-electron chi connectivity index (χ4n) is 3.34. The molecule has 1 unspecified atom stereocenters. The van der Waals surface area contributed by atoms with Crippen LogP contribution in [-0.2, 0) is 20.0 Å². The lowest BCUT2D eigenvalue weighted by Gasteiger charge is -2.19. The fraction of sp³-hybridized carbons (Fsp3) is 0.375. The van der Waals surface area contributed by atoms with E-state index in [9.17, 15) is 0 Å². The van der Waals surface area contributed by atoms with Crippen molar-refractivity contribution in [2.24, 2.45) is 12.0 Å². The van der Waals surface area contributed by atoms with Gasteiger partial charge in [-0.2, -0.15) is 0 Å². The molecule has 0 aliphatic carbocycles. The molecule has 0 radical (unpaired) electrons. The first-order chi connectivity index (χ1) is 15.0. The Morgan fingerprint density at radius 3 is 2.53 bits per heavy atom. The fourth-order valence-corrected chi connectivity index (χ4v) is 3.34. The van der Waals surface area contributed by atoms with E-state index in [4.69, 9.17) is 9.73 Å². The third-order valence-corrected chi connectivity index (χ3v) is 5.34. The number of benzene rings is 2. The highest BCUT2D eigenvalue weighted by Crippen LogP contribution is 2.19. The second kappa shape index (κ2) is 12.4. The number of aliphatic imine (C=N–C) groups is 1. The molecule has 0 aliphatic rings. The average molecular weight is 548 g/mol. The van der Waals surface area contributed by atoms with Crippen LogP contribution in [0.4, 0.5) is 0 Å². The summed E-state index contributed by atoms with van der Waals surface area (Å²) in [7, 11) is 3.66. The summed E-state index contributed by atoms with van der Waals surface area (Å²) in [6.45, 7) is 7.33. The van der Waals surface area contributed by atoms with Crippen molar-refractivity contribution in [3.8, 4) is 5.75 Å². The predicted octanol–water partition coefficient (Wildman–Crippen LogP) is 4.10. The summed E-state index contributed by atoms with van der Waals surface area (Å²) in [4.78, 5) is 4.76. The number of aromatic nitrogens is 3. The second-order valence-electron chi connectivity index (χ2n) is 7.66. The molecule has 8 heteroatoms. The van der Waals surface area contributed by atoms with Gasteiger partial charge in [0.15, 0.2) is 11.8 Å². The zero-order valence-electron chi connectivity index (χ0n) is 19.4. The minimum Gasteiger partial charge on any atom is -0.496 e. The van der Waals surface area contributed by atoms with E-state index in [1.54, 1.807) is 7.11 Å². The number of halogens is 1. The van der Waals surface area contributed by atoms with Crippen LogP contribution in [0.3, 0.4) is 0 Å². The number of methoxy groups -OCH3 is 1. The Hall–Kier alpha value is -2.62. The van der Waals surface area contributed by atoms with Gasteiger partial charge in [0.2, 0.25) is 0 Å². The van der Waals surface area contributed by atoms with Crippen LogP contribution in [0.5, 0.6) is 5.75 Å². The lowest BCUT2D eigenvalue weighted by molar-refractivity contribution is 0.409. The first kappa shape index (κ1) is 25.6. The highest BCUT2D eigenvalue weighted by molar-refractivity contribution is 14.0. The van der Waals surface area contributed by atoms with Crippen LogP contribution >= 0.6 is 24.0 Å². The molecule has 2 N–H and O–H groups in total. The summed E-state index contributed by atoms with van der Waals surface area (Å²) in [5, 5.41) is 15.3. The number of ether oxygens (including phenoxy) is 1. The second-order valence-corrected chi connectivity index (χ2v) is 7.66. The van der Waals surface area contributed by atoms with Crippen LogP contribution in [0.15, 0.2) is 53.5 Å². The van der Waals surface area contributed by atoms with Crippen molar-refractivity contribution in [2.75, 3.05) is 13.7 Å². The van der Waals surface area contributed by atoms with Crippen LogP contribution in [-0.4, -0.2) is 34.4 Å². The minimum absolute atomic E-state index is 0. The Morgan fingerprint density at radius 1 is 1.12 bits per heavy atom. The van der Waals surface area contributed by atoms with Crippen molar-refractivity contribution in [1.82, 2.24) is 25.4 Å². The maximum absolute atomic E-state index is 5.51. The van der Waals surface area contributed by atoms with E-state index in [1.807, 2.05) is 42.8 Å². The van der Waals surface area contributed by atoms with Crippen molar-refractivity contribution < 1.29 is 4.74 Å². The number of hydrogen-bond donors (Lipinski definition) is 2. The van der Waals surface area contributed by atoms with Gasteiger partial charge in [-0.3, -0.25) is 0 Å². The number of guanidine groups is 1. The van der Waals surface area contributed by atoms with Crippen LogP contribution in [0.2, 0.25) is 0 Å². The van der Waals surface area contributed by atoms with E-state index >= 15 is 0 Å². The number of aryl methyl sites for hydroxylation is 2. The minimum atomic E-state index is 0. The molecule has 32 heavy (non-hydrogen) atoms. The zero-order chi connectivity index (χ0) is 22.2. The molecule has 0 aliphatic heterocycles. The molecular weight excluding hydrogens is 515 g/mol. The molecule has 1 heterocycles. The molecule has 0 amide bonds. The third kappa shape index (κ3) is 6.94. The summed E-state index contributed by atoms with van der Waals surface area (Å²) in [6, 6.07) is 16.7. The molecule has 3 rings (SSSR count). The van der Waals surface area contributed by atoms with E-state index in [0.717, 1.165) is 36.3 Å². The first-order valence-electron chi connectivity index (χ1n) is 10.6. The van der Waals surface area contributed by atoms with E-state index < -0.39 is 0 Å². The van der Waals surface area contributed by atoms with E-state index in [1.165, 1.54) is 16.7 Å². The molecule has 0 bridgehead atoms. The number of hydrogen-bond acceptors (Lipinski definition) is 4. The molecule has 0 fully saturated rings. The van der Waals surface area contributed by atoms with Crippen LogP contribution in [0.25, 0.3) is 0 Å². The van der Waals surface area contributed by atoms with E-state index in [0.29, 0.717) is 6.54 Å². The van der Waals surface area contributed by atoms with Crippen LogP contribution in [0, 0.1) is 13.8 Å². The first-order valence-corrected chi connectivity index (χ1v) is 10.6. The van der Waals surface area contributed by atoms with Crippen LogP contribution in [0.1, 0.15) is 41.3 Å². The van der Waals surface area contributed by atoms with Gasteiger partial charge in [-0.1, -0.05) is 48.0 Å². The highest BCUT2D eigenvalue weighted by atomic mass is 127. The summed E-state index contributed by atoms with van der Waals surface area (Å²) in [6.07, 6.45) is 0.828. The predicted molar refractivity (Wildman–Crippen MR) is 140 cm³/mol. The van der Waals surface area contributed by atoms with Crippen LogP contribution < -0.4 is 15.4 Å². The normalized spacial score (nSPS) is 12.1. The Labute approximate surface area is 207 Å². The smallest absolute Gasteiger partial charge is 0.192 e. The van der Waals surface area contributed by atoms with Crippen molar-refractivity contribution in [1.29, 1.82) is 0 Å². The van der Waals surface area contributed by atoms with E-state index in [2.05, 4.69) is 58.9 Å². The average Bonchev–Trinajstić information content (AvgIpc) is 3.10. The molecule has 172 valence electrons. The van der Waals surface area contributed by atoms with Gasteiger partial charge >= 0.3 is 0 Å². The van der Waals surface area contributed by atoms with Gasteiger partial charge in [-0.15, -0.1) is 34.2 Å². The standard InChI is InChI=1S/C24H32N6O.HI/c1-17-11-12-22(31-5)21(15-17)13-14-25-24(26-16-23-29-28-19(3)30(23)4)27-18(2)20-9-7-6-8-10-20;/h6-12,15,18H,13-14,16H2,1-5H3,(H2,25,26,27);1H. The highest BCUT2D eigenvalue weighted by Gasteiger charge is 2.10. The molecule has 7 nitrogen and oxygen atoms in total. The number of nitrogens with one attached hydrogen (secondary N) is 2. The largest absolute Gasteiger partial charge is 0.496 e. The van der Waals surface area contributed by atoms with Crippen molar-refractivity contribution in [3.63, 3.8) is 0 Å². The molecule has 1 aromatic heterocycles. The van der Waals surface area contributed by atoms with Gasteiger partial charge in [-0.05, 0) is 44.4 Å². The maximum Gasteiger partial charge on any atom is 0.192 e. The third-order valence-electron chi connectivity index (χ3n) is 5.34. The Kier molecular flexibility index (Phi) is 9.96. The molecule has 3 aromatic rings. The molecule has 0 saturated heterocycles. The summed E-state index contributed by atoms with van der Waals surface area (Å²) in [5.74, 6) is 3.35. The SMILES string of the molecule is COc1ccc(C)cc1CCNC(=NCc1nnc(C)n1C)NC(C)c1ccccc1.I. The van der Waals surface area contributed by atoms with Crippen molar-refractivity contribution >= 4 is 29.9 Å². The molecular formula is C24H33IN6O. The lowest BCUT2D eigenvalue weighted by Crippen LogP contribution is -2.39. The quantitative estimate of drug-likeness (QED) is 0.252. The number of nitrogens with zero attached hydrogens (tertiary/aromatic N) is 4. The van der Waals surface area contributed by atoms with Gasteiger partial charge in [0.1, 0.15) is 18.1 Å².